The minimum Gasteiger partial charge on any atom is -0.494 e. The van der Waals surface area contributed by atoms with E-state index in [0.29, 0.717) is 34.4 Å². The first-order valence-corrected chi connectivity index (χ1v) is 16.3. The van der Waals surface area contributed by atoms with Gasteiger partial charge in [-0.15, -0.1) is 11.8 Å². The standard InChI is InChI=1S/C29H33Cl2N3O5S2/c1-5-27(29(36)32-3)33(18-20-7-8-21(30)17-26(20)31)28(35)19-34(22-9-11-23(12-10-22)39-6-2)41(37,38)25-15-13-24(40-4)14-16-25/h7-17,27H,5-6,18-19H2,1-4H3,(H,32,36)/t27-/m0/s1. The zero-order valence-electron chi connectivity index (χ0n) is 23.3. The predicted molar refractivity (Wildman–Crippen MR) is 166 cm³/mol. The van der Waals surface area contributed by atoms with Crippen molar-refractivity contribution in [2.45, 2.75) is 42.6 Å². The molecular formula is C29H33Cl2N3O5S2. The number of likely N-dealkylation sites (N-methyl/N-ethyl adjacent to an activating group) is 1. The van der Waals surface area contributed by atoms with Gasteiger partial charge in [-0.2, -0.15) is 0 Å². The molecule has 3 aromatic carbocycles. The molecule has 41 heavy (non-hydrogen) atoms. The molecule has 12 heteroatoms. The number of hydrogen-bond donors (Lipinski definition) is 1. The first-order valence-electron chi connectivity index (χ1n) is 12.9. The molecule has 0 aliphatic heterocycles. The second kappa shape index (κ2) is 14.8. The van der Waals surface area contributed by atoms with E-state index in [-0.39, 0.29) is 23.0 Å². The van der Waals surface area contributed by atoms with Gasteiger partial charge in [0, 0.05) is 28.5 Å². The molecular weight excluding hydrogens is 605 g/mol. The molecule has 1 N–H and O–H groups in total. The fourth-order valence-electron chi connectivity index (χ4n) is 4.20. The summed E-state index contributed by atoms with van der Waals surface area (Å²) in [6.07, 6.45) is 2.19. The maximum Gasteiger partial charge on any atom is 0.264 e. The molecule has 0 heterocycles. The Morgan fingerprint density at radius 2 is 1.66 bits per heavy atom. The van der Waals surface area contributed by atoms with Crippen molar-refractivity contribution < 1.29 is 22.7 Å². The van der Waals surface area contributed by atoms with Crippen LogP contribution in [-0.4, -0.2) is 57.6 Å². The molecule has 0 fully saturated rings. The monoisotopic (exact) mass is 637 g/mol. The van der Waals surface area contributed by atoms with Crippen molar-refractivity contribution in [3.63, 3.8) is 0 Å². The Balaban J connectivity index is 2.08. The van der Waals surface area contributed by atoms with Crippen molar-refractivity contribution in [1.29, 1.82) is 0 Å². The number of benzene rings is 3. The van der Waals surface area contributed by atoms with Crippen LogP contribution < -0.4 is 14.4 Å². The zero-order valence-corrected chi connectivity index (χ0v) is 26.4. The smallest absolute Gasteiger partial charge is 0.264 e. The number of halogens is 2. The van der Waals surface area contributed by atoms with Gasteiger partial charge in [-0.1, -0.05) is 36.2 Å². The van der Waals surface area contributed by atoms with Crippen LogP contribution in [0, 0.1) is 0 Å². The molecule has 0 aliphatic carbocycles. The van der Waals surface area contributed by atoms with Crippen LogP contribution in [0.25, 0.3) is 0 Å². The summed E-state index contributed by atoms with van der Waals surface area (Å²) in [6, 6.07) is 16.9. The number of amides is 2. The number of thioether (sulfide) groups is 1. The Kier molecular flexibility index (Phi) is 11.8. The summed E-state index contributed by atoms with van der Waals surface area (Å²) in [4.78, 5) is 29.1. The predicted octanol–water partition coefficient (Wildman–Crippen LogP) is 5.86. The van der Waals surface area contributed by atoms with E-state index in [9.17, 15) is 18.0 Å². The largest absolute Gasteiger partial charge is 0.494 e. The SMILES string of the molecule is CCOc1ccc(N(CC(=O)N(Cc2ccc(Cl)cc2Cl)[C@@H](CC)C(=O)NC)S(=O)(=O)c2ccc(SC)cc2)cc1. The minimum atomic E-state index is -4.19. The van der Waals surface area contributed by atoms with Gasteiger partial charge in [0.15, 0.2) is 0 Å². The summed E-state index contributed by atoms with van der Waals surface area (Å²) in [7, 11) is -2.70. The molecule has 8 nitrogen and oxygen atoms in total. The third-order valence-electron chi connectivity index (χ3n) is 6.35. The Labute approximate surface area is 256 Å². The highest BCUT2D eigenvalue weighted by Crippen LogP contribution is 2.29. The molecule has 0 radical (unpaired) electrons. The van der Waals surface area contributed by atoms with E-state index < -0.39 is 28.5 Å². The summed E-state index contributed by atoms with van der Waals surface area (Å²) in [5.41, 5.74) is 0.836. The molecule has 0 aromatic heterocycles. The summed E-state index contributed by atoms with van der Waals surface area (Å²) >= 11 is 14.0. The molecule has 0 saturated heterocycles. The number of anilines is 1. The van der Waals surface area contributed by atoms with Gasteiger partial charge in [0.2, 0.25) is 11.8 Å². The van der Waals surface area contributed by atoms with Gasteiger partial charge in [-0.3, -0.25) is 13.9 Å². The number of nitrogens with one attached hydrogen (secondary N) is 1. The first kappa shape index (κ1) is 32.6. The molecule has 3 rings (SSSR count). The molecule has 0 unspecified atom stereocenters. The van der Waals surface area contributed by atoms with Crippen molar-refractivity contribution >= 4 is 62.5 Å². The van der Waals surface area contributed by atoms with Crippen LogP contribution in [0.4, 0.5) is 5.69 Å². The highest BCUT2D eigenvalue weighted by Gasteiger charge is 2.33. The highest BCUT2D eigenvalue weighted by atomic mass is 35.5. The number of nitrogens with zero attached hydrogens (tertiary/aromatic N) is 2. The van der Waals surface area contributed by atoms with Gasteiger partial charge < -0.3 is 15.0 Å². The van der Waals surface area contributed by atoms with Gasteiger partial charge in [0.05, 0.1) is 17.2 Å². The van der Waals surface area contributed by atoms with Gasteiger partial charge in [-0.25, -0.2) is 8.42 Å². The normalized spacial score (nSPS) is 12.0. The maximum atomic E-state index is 14.0. The van der Waals surface area contributed by atoms with E-state index >= 15 is 0 Å². The van der Waals surface area contributed by atoms with E-state index in [2.05, 4.69) is 5.32 Å². The van der Waals surface area contributed by atoms with Gasteiger partial charge >= 0.3 is 0 Å². The van der Waals surface area contributed by atoms with Gasteiger partial charge in [0.25, 0.3) is 10.0 Å². The third kappa shape index (κ3) is 8.09. The van der Waals surface area contributed by atoms with Crippen LogP contribution in [0.15, 0.2) is 76.5 Å². The van der Waals surface area contributed by atoms with Crippen LogP contribution in [0.3, 0.4) is 0 Å². The second-order valence-corrected chi connectivity index (χ2v) is 12.5. The number of rotatable bonds is 13. The topological polar surface area (TPSA) is 96.0 Å². The molecule has 3 aromatic rings. The Morgan fingerprint density at radius 3 is 2.20 bits per heavy atom. The zero-order chi connectivity index (χ0) is 30.2. The lowest BCUT2D eigenvalue weighted by molar-refractivity contribution is -0.140. The number of carbonyl (C=O) groups excluding carboxylic acids is 2. The van der Waals surface area contributed by atoms with Crippen molar-refractivity contribution in [3.8, 4) is 5.75 Å². The van der Waals surface area contributed by atoms with Crippen molar-refractivity contribution in [2.24, 2.45) is 0 Å². The van der Waals surface area contributed by atoms with Crippen LogP contribution in [-0.2, 0) is 26.2 Å². The Bertz CT molecular complexity index is 1450. The van der Waals surface area contributed by atoms with Gasteiger partial charge in [-0.05, 0) is 85.8 Å². The Hall–Kier alpha value is -2.92. The molecule has 0 bridgehead atoms. The van der Waals surface area contributed by atoms with Gasteiger partial charge in [0.1, 0.15) is 18.3 Å². The molecule has 0 saturated carbocycles. The fourth-order valence-corrected chi connectivity index (χ4v) is 6.49. The minimum absolute atomic E-state index is 0.0274. The van der Waals surface area contributed by atoms with Crippen LogP contribution >= 0.6 is 35.0 Å². The quantitative estimate of drug-likeness (QED) is 0.236. The van der Waals surface area contributed by atoms with E-state index in [0.717, 1.165) is 9.20 Å². The third-order valence-corrected chi connectivity index (χ3v) is 9.47. The van der Waals surface area contributed by atoms with Crippen LogP contribution in [0.1, 0.15) is 25.8 Å². The molecule has 2 amide bonds. The number of ether oxygens (including phenoxy) is 1. The van der Waals surface area contributed by atoms with Crippen LogP contribution in [0.2, 0.25) is 10.0 Å². The lowest BCUT2D eigenvalue weighted by Gasteiger charge is -2.33. The molecule has 0 spiro atoms. The van der Waals surface area contributed by atoms with E-state index in [1.165, 1.54) is 35.8 Å². The molecule has 1 atom stereocenters. The lowest BCUT2D eigenvalue weighted by atomic mass is 10.1. The number of sulfonamides is 1. The first-order chi connectivity index (χ1) is 19.5. The van der Waals surface area contributed by atoms with Crippen molar-refractivity contribution in [3.05, 3.63) is 82.3 Å². The van der Waals surface area contributed by atoms with E-state index in [1.54, 1.807) is 61.5 Å². The van der Waals surface area contributed by atoms with Crippen molar-refractivity contribution in [2.75, 3.05) is 30.8 Å². The summed E-state index contributed by atoms with van der Waals surface area (Å²) < 4.78 is 34.5. The molecule has 220 valence electrons. The average molecular weight is 639 g/mol. The Morgan fingerprint density at radius 1 is 1.00 bits per heavy atom. The lowest BCUT2D eigenvalue weighted by Crippen LogP contribution is -2.51. The molecule has 0 aliphatic rings. The second-order valence-electron chi connectivity index (χ2n) is 8.91. The average Bonchev–Trinajstić information content (AvgIpc) is 2.97. The highest BCUT2D eigenvalue weighted by molar-refractivity contribution is 7.98. The van der Waals surface area contributed by atoms with Crippen LogP contribution in [0.5, 0.6) is 5.75 Å². The summed E-state index contributed by atoms with van der Waals surface area (Å²) in [5, 5.41) is 3.35. The fraction of sp³-hybridized carbons (Fsp3) is 0.310. The summed E-state index contributed by atoms with van der Waals surface area (Å²) in [6.45, 7) is 3.49. The van der Waals surface area contributed by atoms with E-state index in [1.807, 2.05) is 13.2 Å². The maximum absolute atomic E-state index is 14.0. The number of hydrogen-bond acceptors (Lipinski definition) is 6. The van der Waals surface area contributed by atoms with E-state index in [4.69, 9.17) is 27.9 Å². The van der Waals surface area contributed by atoms with Crippen molar-refractivity contribution in [1.82, 2.24) is 10.2 Å². The summed E-state index contributed by atoms with van der Waals surface area (Å²) in [5.74, 6) is -0.396. The number of carbonyl (C=O) groups is 2.